The molecule has 0 aliphatic heterocycles. The molecule has 1 aromatic carbocycles. The van der Waals surface area contributed by atoms with Crippen LogP contribution in [-0.4, -0.2) is 0 Å². The summed E-state index contributed by atoms with van der Waals surface area (Å²) in [6.45, 7) is 0.476. The average molecular weight is 303 g/mol. The number of hydrogen-bond acceptors (Lipinski definition) is 2. The Morgan fingerprint density at radius 2 is 2.13 bits per heavy atom. The highest BCUT2D eigenvalue weighted by Gasteiger charge is 2.06. The SMILES string of the molecule is NCc1ccc(-c2cscc2Br)cc1Cl. The molecule has 15 heavy (non-hydrogen) atoms. The second-order valence-electron chi connectivity index (χ2n) is 3.14. The lowest BCUT2D eigenvalue weighted by molar-refractivity contribution is 1.07. The maximum absolute atomic E-state index is 6.11. The first-order valence-corrected chi connectivity index (χ1v) is 6.54. The van der Waals surface area contributed by atoms with Crippen LogP contribution in [0.3, 0.4) is 0 Å². The Kier molecular flexibility index (Phi) is 3.46. The lowest BCUT2D eigenvalue weighted by Crippen LogP contribution is -1.96. The zero-order valence-corrected chi connectivity index (χ0v) is 11.0. The highest BCUT2D eigenvalue weighted by molar-refractivity contribution is 9.10. The Bertz CT molecular complexity index is 481. The third-order valence-electron chi connectivity index (χ3n) is 2.20. The average Bonchev–Trinajstić information content (AvgIpc) is 2.64. The number of hydrogen-bond donors (Lipinski definition) is 1. The van der Waals surface area contributed by atoms with Gasteiger partial charge in [0.15, 0.2) is 0 Å². The van der Waals surface area contributed by atoms with Crippen molar-refractivity contribution in [1.29, 1.82) is 0 Å². The van der Waals surface area contributed by atoms with Crippen LogP contribution in [0.1, 0.15) is 5.56 Å². The standard InChI is InChI=1S/C11H9BrClNS/c12-10-6-15-5-9(10)7-1-2-8(4-14)11(13)3-7/h1-3,5-6H,4,14H2. The predicted molar refractivity (Wildman–Crippen MR) is 70.4 cm³/mol. The van der Waals surface area contributed by atoms with E-state index in [0.717, 1.165) is 20.6 Å². The topological polar surface area (TPSA) is 26.0 Å². The summed E-state index contributed by atoms with van der Waals surface area (Å²) in [5.41, 5.74) is 8.82. The van der Waals surface area contributed by atoms with Crippen LogP contribution in [0.4, 0.5) is 0 Å². The molecule has 0 spiro atoms. The van der Waals surface area contributed by atoms with Gasteiger partial charge < -0.3 is 5.73 Å². The molecule has 0 saturated heterocycles. The summed E-state index contributed by atoms with van der Waals surface area (Å²) in [6.07, 6.45) is 0. The molecule has 0 radical (unpaired) electrons. The summed E-state index contributed by atoms with van der Waals surface area (Å²) in [5.74, 6) is 0. The highest BCUT2D eigenvalue weighted by atomic mass is 79.9. The summed E-state index contributed by atoms with van der Waals surface area (Å²) >= 11 is 11.3. The third kappa shape index (κ3) is 2.26. The van der Waals surface area contributed by atoms with Crippen LogP contribution >= 0.6 is 38.9 Å². The van der Waals surface area contributed by atoms with Gasteiger partial charge in [-0.1, -0.05) is 23.7 Å². The summed E-state index contributed by atoms with van der Waals surface area (Å²) < 4.78 is 1.10. The van der Waals surface area contributed by atoms with E-state index in [0.29, 0.717) is 6.54 Å². The fraction of sp³-hybridized carbons (Fsp3) is 0.0909. The minimum Gasteiger partial charge on any atom is -0.326 e. The van der Waals surface area contributed by atoms with Crippen LogP contribution in [0.25, 0.3) is 11.1 Å². The minimum atomic E-state index is 0.476. The van der Waals surface area contributed by atoms with Gasteiger partial charge in [-0.25, -0.2) is 0 Å². The van der Waals surface area contributed by atoms with E-state index in [1.807, 2.05) is 18.2 Å². The van der Waals surface area contributed by atoms with E-state index in [2.05, 4.69) is 26.7 Å². The molecule has 0 unspecified atom stereocenters. The molecule has 2 rings (SSSR count). The van der Waals surface area contributed by atoms with Gasteiger partial charge in [-0.3, -0.25) is 0 Å². The molecule has 1 nitrogen and oxygen atoms in total. The molecule has 4 heteroatoms. The van der Waals surface area contributed by atoms with Crippen molar-refractivity contribution in [3.05, 3.63) is 44.0 Å². The van der Waals surface area contributed by atoms with Crippen molar-refractivity contribution in [2.45, 2.75) is 6.54 Å². The summed E-state index contributed by atoms with van der Waals surface area (Å²) in [6, 6.07) is 5.97. The lowest BCUT2D eigenvalue weighted by Gasteiger charge is -2.04. The molecule has 2 N–H and O–H groups in total. The smallest absolute Gasteiger partial charge is 0.0457 e. The van der Waals surface area contributed by atoms with Gasteiger partial charge in [0, 0.05) is 27.0 Å². The fourth-order valence-corrected chi connectivity index (χ4v) is 3.16. The van der Waals surface area contributed by atoms with Gasteiger partial charge in [0.05, 0.1) is 0 Å². The van der Waals surface area contributed by atoms with Crippen LogP contribution < -0.4 is 5.73 Å². The van der Waals surface area contributed by atoms with E-state index >= 15 is 0 Å². The molecular weight excluding hydrogens is 294 g/mol. The van der Waals surface area contributed by atoms with Crippen molar-refractivity contribution in [3.8, 4) is 11.1 Å². The Morgan fingerprint density at radius 3 is 2.67 bits per heavy atom. The first-order valence-electron chi connectivity index (χ1n) is 4.43. The number of halogens is 2. The number of rotatable bonds is 2. The maximum Gasteiger partial charge on any atom is 0.0457 e. The van der Waals surface area contributed by atoms with Crippen LogP contribution in [-0.2, 0) is 6.54 Å². The van der Waals surface area contributed by atoms with E-state index in [1.165, 1.54) is 5.56 Å². The summed E-state index contributed by atoms with van der Waals surface area (Å²) in [7, 11) is 0. The third-order valence-corrected chi connectivity index (χ3v) is 4.25. The van der Waals surface area contributed by atoms with Gasteiger partial charge in [0.1, 0.15) is 0 Å². The van der Waals surface area contributed by atoms with E-state index in [1.54, 1.807) is 11.3 Å². The molecule has 0 saturated carbocycles. The highest BCUT2D eigenvalue weighted by Crippen LogP contribution is 2.33. The maximum atomic E-state index is 6.11. The van der Waals surface area contributed by atoms with Crippen LogP contribution in [0.5, 0.6) is 0 Å². The van der Waals surface area contributed by atoms with Gasteiger partial charge in [-0.15, -0.1) is 0 Å². The van der Waals surface area contributed by atoms with Gasteiger partial charge in [0.25, 0.3) is 0 Å². The van der Waals surface area contributed by atoms with Crippen molar-refractivity contribution in [3.63, 3.8) is 0 Å². The Hall–Kier alpha value is -0.350. The molecule has 0 aliphatic carbocycles. The zero-order chi connectivity index (χ0) is 10.8. The Morgan fingerprint density at radius 1 is 1.33 bits per heavy atom. The monoisotopic (exact) mass is 301 g/mol. The molecule has 78 valence electrons. The van der Waals surface area contributed by atoms with Crippen LogP contribution in [0.2, 0.25) is 5.02 Å². The van der Waals surface area contributed by atoms with Crippen LogP contribution in [0.15, 0.2) is 33.4 Å². The van der Waals surface area contributed by atoms with E-state index in [4.69, 9.17) is 17.3 Å². The van der Waals surface area contributed by atoms with Crippen molar-refractivity contribution >= 4 is 38.9 Å². The number of thiophene rings is 1. The second kappa shape index (κ2) is 4.66. The molecular formula is C11H9BrClNS. The zero-order valence-electron chi connectivity index (χ0n) is 7.84. The molecule has 0 atom stereocenters. The first kappa shape index (κ1) is 11.1. The molecule has 1 heterocycles. The number of benzene rings is 1. The largest absolute Gasteiger partial charge is 0.326 e. The van der Waals surface area contributed by atoms with Crippen molar-refractivity contribution in [2.24, 2.45) is 5.73 Å². The quantitative estimate of drug-likeness (QED) is 0.880. The van der Waals surface area contributed by atoms with Crippen molar-refractivity contribution in [1.82, 2.24) is 0 Å². The fourth-order valence-electron chi connectivity index (χ4n) is 1.37. The molecule has 0 bridgehead atoms. The Labute approximate surface area is 106 Å². The minimum absolute atomic E-state index is 0.476. The molecule has 0 amide bonds. The van der Waals surface area contributed by atoms with Crippen LogP contribution in [0, 0.1) is 0 Å². The number of nitrogens with two attached hydrogens (primary N) is 1. The van der Waals surface area contributed by atoms with Gasteiger partial charge in [0.2, 0.25) is 0 Å². The molecule has 1 aromatic heterocycles. The Balaban J connectivity index is 2.47. The lowest BCUT2D eigenvalue weighted by atomic mass is 10.1. The predicted octanol–water partition coefficient (Wildman–Crippen LogP) is 4.29. The second-order valence-corrected chi connectivity index (χ2v) is 5.15. The summed E-state index contributed by atoms with van der Waals surface area (Å²) in [4.78, 5) is 0. The van der Waals surface area contributed by atoms with Crippen molar-refractivity contribution < 1.29 is 0 Å². The van der Waals surface area contributed by atoms with Gasteiger partial charge in [-0.05, 0) is 38.5 Å². The molecule has 0 aliphatic rings. The summed E-state index contributed by atoms with van der Waals surface area (Å²) in [5, 5.41) is 4.88. The van der Waals surface area contributed by atoms with Crippen molar-refractivity contribution in [2.75, 3.05) is 0 Å². The first-order chi connectivity index (χ1) is 7.22. The normalized spacial score (nSPS) is 10.6. The molecule has 2 aromatic rings. The van der Waals surface area contributed by atoms with Gasteiger partial charge in [-0.2, -0.15) is 11.3 Å². The van der Waals surface area contributed by atoms with Gasteiger partial charge >= 0.3 is 0 Å². The molecule has 0 fully saturated rings. The van der Waals surface area contributed by atoms with E-state index < -0.39 is 0 Å². The van der Waals surface area contributed by atoms with E-state index in [9.17, 15) is 0 Å². The van der Waals surface area contributed by atoms with E-state index in [-0.39, 0.29) is 0 Å².